The first-order chi connectivity index (χ1) is 16.2. The number of hydrogen-bond donors (Lipinski definition) is 5. The number of benzene rings is 2. The van der Waals surface area contributed by atoms with Gasteiger partial charge >= 0.3 is 0 Å². The molecule has 2 aromatic carbocycles. The summed E-state index contributed by atoms with van der Waals surface area (Å²) in [5, 5.41) is 5.31. The zero-order valence-corrected chi connectivity index (χ0v) is 20.3. The van der Waals surface area contributed by atoms with E-state index in [1.807, 2.05) is 0 Å². The Morgan fingerprint density at radius 2 is 1.43 bits per heavy atom. The van der Waals surface area contributed by atoms with Crippen LogP contribution in [-0.2, 0) is 31.5 Å². The van der Waals surface area contributed by atoms with Gasteiger partial charge in [0, 0.05) is 25.4 Å². The molecule has 18 heteroatoms. The van der Waals surface area contributed by atoms with Crippen LogP contribution in [0.25, 0.3) is 0 Å². The van der Waals surface area contributed by atoms with Gasteiger partial charge in [-0.1, -0.05) is 12.1 Å². The maximum Gasteiger partial charge on any atom is 0.296 e. The van der Waals surface area contributed by atoms with Gasteiger partial charge in [-0.2, -0.15) is 31.8 Å². The van der Waals surface area contributed by atoms with Gasteiger partial charge in [-0.25, -0.2) is 0 Å². The quantitative estimate of drug-likeness (QED) is 0.188. The number of nitrogens with zero attached hydrogens (tertiary/aromatic N) is 4. The van der Waals surface area contributed by atoms with E-state index in [2.05, 4.69) is 30.3 Å². The number of rotatable bonds is 9. The predicted octanol–water partition coefficient (Wildman–Crippen LogP) is 1.12. The summed E-state index contributed by atoms with van der Waals surface area (Å²) >= 11 is -2.61. The van der Waals surface area contributed by atoms with Crippen LogP contribution in [0.5, 0.6) is 0 Å². The molecule has 0 amide bonds. The molecule has 188 valence electrons. The van der Waals surface area contributed by atoms with Gasteiger partial charge < -0.3 is 24.8 Å². The SMILES string of the molecule is CN(C)c1nc(Nc2ccccc2NS(=O)[O-])nc(Nc2cc(S(=O)(=O)O)ccc2S(=O)(=O)O)n1. The number of hydrogen-bond acceptors (Lipinski definition) is 12. The van der Waals surface area contributed by atoms with E-state index in [0.29, 0.717) is 0 Å². The van der Waals surface area contributed by atoms with Crippen LogP contribution in [0, 0.1) is 0 Å². The number of para-hydroxylation sites is 2. The van der Waals surface area contributed by atoms with Crippen LogP contribution in [-0.4, -0.2) is 63.8 Å². The third-order valence-corrected chi connectivity index (χ3v) is 6.31. The maximum absolute atomic E-state index is 11.8. The largest absolute Gasteiger partial charge is 0.755 e. The van der Waals surface area contributed by atoms with Gasteiger partial charge in [-0.15, -0.1) is 0 Å². The molecule has 1 unspecified atom stereocenters. The molecule has 1 aromatic heterocycles. The van der Waals surface area contributed by atoms with E-state index in [-0.39, 0.29) is 29.2 Å². The smallest absolute Gasteiger partial charge is 0.296 e. The molecule has 1 atom stereocenters. The van der Waals surface area contributed by atoms with Crippen molar-refractivity contribution < 1.29 is 34.7 Å². The Hall–Kier alpha value is -3.42. The summed E-state index contributed by atoms with van der Waals surface area (Å²) in [5.74, 6) is -0.305. The summed E-state index contributed by atoms with van der Waals surface area (Å²) in [5.41, 5.74) is -0.00414. The highest BCUT2D eigenvalue weighted by Gasteiger charge is 2.21. The van der Waals surface area contributed by atoms with Crippen LogP contribution in [0.15, 0.2) is 52.3 Å². The van der Waals surface area contributed by atoms with Crippen molar-refractivity contribution in [2.75, 3.05) is 34.4 Å². The first-order valence-corrected chi connectivity index (χ1v) is 13.2. The summed E-state index contributed by atoms with van der Waals surface area (Å²) in [7, 11) is -6.34. The molecule has 0 aliphatic rings. The molecule has 35 heavy (non-hydrogen) atoms. The van der Waals surface area contributed by atoms with Gasteiger partial charge in [0.25, 0.3) is 20.2 Å². The Labute approximate surface area is 202 Å². The van der Waals surface area contributed by atoms with Crippen molar-refractivity contribution in [1.82, 2.24) is 15.0 Å². The third kappa shape index (κ3) is 6.81. The Morgan fingerprint density at radius 1 is 0.857 bits per heavy atom. The molecule has 15 nitrogen and oxygen atoms in total. The van der Waals surface area contributed by atoms with Crippen molar-refractivity contribution >= 4 is 66.4 Å². The topological polar surface area (TPSA) is 227 Å². The van der Waals surface area contributed by atoms with Gasteiger partial charge in [0.1, 0.15) is 4.90 Å². The van der Waals surface area contributed by atoms with Crippen molar-refractivity contribution in [3.05, 3.63) is 42.5 Å². The number of nitrogens with one attached hydrogen (secondary N) is 3. The first kappa shape index (κ1) is 26.2. The first-order valence-electron chi connectivity index (χ1n) is 9.25. The molecule has 3 rings (SSSR count). The van der Waals surface area contributed by atoms with E-state index in [9.17, 15) is 34.7 Å². The lowest BCUT2D eigenvalue weighted by Crippen LogP contribution is -2.16. The highest BCUT2D eigenvalue weighted by molar-refractivity contribution is 7.86. The molecule has 0 saturated carbocycles. The summed E-state index contributed by atoms with van der Waals surface area (Å²) in [6.45, 7) is 0. The second-order valence-electron chi connectivity index (χ2n) is 6.92. The Balaban J connectivity index is 2.09. The Morgan fingerprint density at radius 3 is 1.94 bits per heavy atom. The van der Waals surface area contributed by atoms with Gasteiger partial charge in [0.2, 0.25) is 17.8 Å². The molecule has 0 fully saturated rings. The maximum atomic E-state index is 11.8. The molecule has 0 radical (unpaired) electrons. The van der Waals surface area contributed by atoms with E-state index < -0.39 is 47.0 Å². The van der Waals surface area contributed by atoms with Gasteiger partial charge in [0.15, 0.2) is 0 Å². The van der Waals surface area contributed by atoms with Crippen molar-refractivity contribution in [1.29, 1.82) is 0 Å². The zero-order chi connectivity index (χ0) is 26.0. The van der Waals surface area contributed by atoms with Crippen molar-refractivity contribution in [3.63, 3.8) is 0 Å². The van der Waals surface area contributed by atoms with Gasteiger partial charge in [0.05, 0.1) is 22.0 Å². The van der Waals surface area contributed by atoms with Crippen LogP contribution in [0.2, 0.25) is 0 Å². The number of anilines is 6. The highest BCUT2D eigenvalue weighted by Crippen LogP contribution is 2.29. The van der Waals surface area contributed by atoms with E-state index in [1.54, 1.807) is 26.2 Å². The lowest BCUT2D eigenvalue weighted by Gasteiger charge is -2.17. The van der Waals surface area contributed by atoms with Gasteiger partial charge in [-0.3, -0.25) is 13.3 Å². The minimum Gasteiger partial charge on any atom is -0.755 e. The lowest BCUT2D eigenvalue weighted by atomic mass is 10.3. The van der Waals surface area contributed by atoms with Crippen LogP contribution < -0.4 is 20.3 Å². The Bertz CT molecular complexity index is 1500. The van der Waals surface area contributed by atoms with Crippen LogP contribution in [0.3, 0.4) is 0 Å². The second-order valence-corrected chi connectivity index (χ2v) is 10.4. The number of aromatic nitrogens is 3. The molecule has 3 aromatic rings. The molecule has 1 heterocycles. The summed E-state index contributed by atoms with van der Waals surface area (Å²) < 4.78 is 89.8. The third-order valence-electron chi connectivity index (χ3n) is 4.16. The lowest BCUT2D eigenvalue weighted by molar-refractivity contribution is 0.479. The fourth-order valence-electron chi connectivity index (χ4n) is 2.68. The standard InChI is InChI=1S/C17H19N7O8S3/c1-24(2)17-21-15(18-11-5-3-4-6-12(11)23-33(25)26)20-16(22-17)19-13-9-10(34(27,28)29)7-8-14(13)35(30,31)32/h3-9,23H,1-2H3,(H,25,26)(H,27,28,29)(H,30,31,32)(H2,18,19,20,21,22)/p-1. The zero-order valence-electron chi connectivity index (χ0n) is 17.9. The molecule has 0 aliphatic carbocycles. The fraction of sp³-hybridized carbons (Fsp3) is 0.118. The normalized spacial score (nSPS) is 12.6. The highest BCUT2D eigenvalue weighted by atomic mass is 32.2. The Kier molecular flexibility index (Phi) is 7.53. The summed E-state index contributed by atoms with van der Waals surface area (Å²) in [6.07, 6.45) is 0. The van der Waals surface area contributed by atoms with Crippen molar-refractivity contribution in [3.8, 4) is 0 Å². The minimum absolute atomic E-state index is 0.0715. The average Bonchev–Trinajstić information content (AvgIpc) is 2.73. The van der Waals surface area contributed by atoms with Crippen LogP contribution in [0.4, 0.5) is 34.9 Å². The molecule has 0 bridgehead atoms. The van der Waals surface area contributed by atoms with Crippen LogP contribution in [0.1, 0.15) is 0 Å². The molecule has 0 spiro atoms. The molecular weight excluding hydrogens is 526 g/mol. The predicted molar refractivity (Wildman–Crippen MR) is 126 cm³/mol. The fourth-order valence-corrected chi connectivity index (χ4v) is 4.17. The van der Waals surface area contributed by atoms with Gasteiger partial charge in [-0.05, 0) is 30.3 Å². The van der Waals surface area contributed by atoms with E-state index >= 15 is 0 Å². The molecule has 5 N–H and O–H groups in total. The van der Waals surface area contributed by atoms with E-state index in [4.69, 9.17) is 0 Å². The van der Waals surface area contributed by atoms with E-state index in [1.165, 1.54) is 17.0 Å². The summed E-state index contributed by atoms with van der Waals surface area (Å²) in [4.78, 5) is 12.5. The molecular formula is C17H18N7O8S3-. The molecule has 0 aliphatic heterocycles. The second kappa shape index (κ2) is 10.1. The minimum atomic E-state index is -4.82. The monoisotopic (exact) mass is 544 g/mol. The van der Waals surface area contributed by atoms with Crippen molar-refractivity contribution in [2.45, 2.75) is 9.79 Å². The van der Waals surface area contributed by atoms with E-state index in [0.717, 1.165) is 18.2 Å². The van der Waals surface area contributed by atoms with Crippen LogP contribution >= 0.6 is 0 Å². The molecule has 0 saturated heterocycles. The average molecular weight is 545 g/mol. The van der Waals surface area contributed by atoms with Crippen molar-refractivity contribution in [2.24, 2.45) is 0 Å². The summed E-state index contributed by atoms with van der Waals surface area (Å²) in [6, 6.07) is 8.56.